The van der Waals surface area contributed by atoms with Crippen molar-refractivity contribution in [2.75, 3.05) is 10.6 Å². The minimum absolute atomic E-state index is 0.0221. The van der Waals surface area contributed by atoms with Gasteiger partial charge in [-0.25, -0.2) is 9.68 Å². The molecule has 10 nitrogen and oxygen atoms in total. The Morgan fingerprint density at radius 3 is 1.90 bits per heavy atom. The van der Waals surface area contributed by atoms with Crippen LogP contribution in [-0.2, 0) is 22.7 Å². The molecular formula is C29H26N2O8. The van der Waals surface area contributed by atoms with Gasteiger partial charge in [0, 0.05) is 28.7 Å². The molecule has 10 heteroatoms. The lowest BCUT2D eigenvalue weighted by molar-refractivity contribution is -0.252. The molecule has 0 bridgehead atoms. The number of phenolic OH excluding ortho intramolecular Hbond substituents is 2. The topological polar surface area (TPSA) is 165 Å². The van der Waals surface area contributed by atoms with Crippen molar-refractivity contribution < 1.29 is 39.8 Å². The van der Waals surface area contributed by atoms with Crippen LogP contribution in [0.2, 0.25) is 0 Å². The second-order valence-corrected chi connectivity index (χ2v) is 8.30. The molecule has 0 aliphatic carbocycles. The molecule has 1 amide bonds. The number of amides is 1. The predicted octanol–water partition coefficient (Wildman–Crippen LogP) is 5.19. The van der Waals surface area contributed by atoms with Crippen molar-refractivity contribution in [1.29, 1.82) is 0 Å². The normalized spacial score (nSPS) is 10.2. The number of aromatic hydroxyl groups is 2. The molecule has 0 aromatic heterocycles. The zero-order valence-electron chi connectivity index (χ0n) is 20.6. The van der Waals surface area contributed by atoms with Gasteiger partial charge in [-0.2, -0.15) is 0 Å². The number of carboxylic acid groups (broad SMARTS) is 1. The van der Waals surface area contributed by atoms with E-state index in [4.69, 9.17) is 10.1 Å². The Bertz CT molecular complexity index is 1440. The van der Waals surface area contributed by atoms with Gasteiger partial charge in [-0.15, -0.1) is 0 Å². The molecular weight excluding hydrogens is 504 g/mol. The maximum atomic E-state index is 12.6. The third kappa shape index (κ3) is 7.65. The van der Waals surface area contributed by atoms with Gasteiger partial charge in [0.05, 0.1) is 11.1 Å². The Morgan fingerprint density at radius 1 is 0.744 bits per heavy atom. The summed E-state index contributed by atoms with van der Waals surface area (Å²) in [5, 5.41) is 43.3. The van der Waals surface area contributed by atoms with Gasteiger partial charge in [0.2, 0.25) is 0 Å². The van der Waals surface area contributed by atoms with Gasteiger partial charge in [-0.3, -0.25) is 10.1 Å². The number of phenols is 2. The van der Waals surface area contributed by atoms with Crippen LogP contribution in [0.25, 0.3) is 0 Å². The number of aromatic carboxylic acids is 1. The fourth-order valence-electron chi connectivity index (χ4n) is 3.78. The van der Waals surface area contributed by atoms with Crippen LogP contribution in [0.15, 0.2) is 84.9 Å². The SMILES string of the molecule is C=O.O=C(O)c1ccc(O)cc1C(=O)Nc1ccc(Cc2ccc(Nc3cc(O)ccc3COO)cc2)cc1. The Kier molecular flexibility index (Phi) is 9.74. The van der Waals surface area contributed by atoms with Crippen molar-refractivity contribution in [3.05, 3.63) is 113 Å². The number of benzene rings is 4. The molecule has 6 N–H and O–H groups in total. The molecule has 4 rings (SSSR count). The molecule has 0 unspecified atom stereocenters. The highest BCUT2D eigenvalue weighted by atomic mass is 17.1. The van der Waals surface area contributed by atoms with Crippen LogP contribution in [0.3, 0.4) is 0 Å². The summed E-state index contributed by atoms with van der Waals surface area (Å²) in [5.41, 5.74) is 4.28. The first-order valence-corrected chi connectivity index (χ1v) is 11.5. The molecule has 4 aromatic carbocycles. The van der Waals surface area contributed by atoms with Crippen molar-refractivity contribution in [2.24, 2.45) is 0 Å². The van der Waals surface area contributed by atoms with Crippen molar-refractivity contribution in [2.45, 2.75) is 13.0 Å². The Morgan fingerprint density at radius 2 is 1.31 bits per heavy atom. The van der Waals surface area contributed by atoms with Crippen molar-refractivity contribution >= 4 is 35.7 Å². The summed E-state index contributed by atoms with van der Waals surface area (Å²) in [6.07, 6.45) is 0.639. The number of carbonyl (C=O) groups excluding carboxylic acids is 2. The van der Waals surface area contributed by atoms with Crippen LogP contribution < -0.4 is 10.6 Å². The molecule has 0 saturated carbocycles. The van der Waals surface area contributed by atoms with E-state index in [2.05, 4.69) is 15.5 Å². The summed E-state index contributed by atoms with van der Waals surface area (Å²) >= 11 is 0. The molecule has 0 radical (unpaired) electrons. The number of anilines is 3. The van der Waals surface area contributed by atoms with E-state index >= 15 is 0 Å². The van der Waals surface area contributed by atoms with E-state index in [0.29, 0.717) is 23.4 Å². The third-order valence-corrected chi connectivity index (χ3v) is 5.64. The summed E-state index contributed by atoms with van der Waals surface area (Å²) in [6.45, 7) is 1.98. The van der Waals surface area contributed by atoms with Crippen LogP contribution in [0.4, 0.5) is 17.1 Å². The zero-order chi connectivity index (χ0) is 28.4. The lowest BCUT2D eigenvalue weighted by Crippen LogP contribution is -2.16. The first-order chi connectivity index (χ1) is 18.8. The van der Waals surface area contributed by atoms with E-state index in [1.807, 2.05) is 43.2 Å². The molecule has 0 atom stereocenters. The number of carboxylic acids is 1. The molecule has 0 fully saturated rings. The fourth-order valence-corrected chi connectivity index (χ4v) is 3.78. The van der Waals surface area contributed by atoms with Gasteiger partial charge < -0.3 is 30.7 Å². The van der Waals surface area contributed by atoms with Gasteiger partial charge in [-0.05, 0) is 66.1 Å². The number of rotatable bonds is 9. The van der Waals surface area contributed by atoms with Crippen LogP contribution in [0.1, 0.15) is 37.4 Å². The molecule has 0 heterocycles. The minimum Gasteiger partial charge on any atom is -0.508 e. The van der Waals surface area contributed by atoms with Gasteiger partial charge in [-0.1, -0.05) is 30.3 Å². The Balaban J connectivity index is 0.00000205. The maximum absolute atomic E-state index is 12.6. The number of nitrogens with one attached hydrogen (secondary N) is 2. The Labute approximate surface area is 223 Å². The van der Waals surface area contributed by atoms with E-state index < -0.39 is 11.9 Å². The first kappa shape index (κ1) is 28.4. The summed E-state index contributed by atoms with van der Waals surface area (Å²) in [7, 11) is 0. The highest BCUT2D eigenvalue weighted by Crippen LogP contribution is 2.27. The lowest BCUT2D eigenvalue weighted by Gasteiger charge is -2.12. The average Bonchev–Trinajstić information content (AvgIpc) is 2.93. The largest absolute Gasteiger partial charge is 0.508 e. The molecule has 200 valence electrons. The van der Waals surface area contributed by atoms with Crippen LogP contribution in [0, 0.1) is 0 Å². The summed E-state index contributed by atoms with van der Waals surface area (Å²) < 4.78 is 0. The van der Waals surface area contributed by atoms with Gasteiger partial charge in [0.15, 0.2) is 0 Å². The lowest BCUT2D eigenvalue weighted by atomic mass is 10.0. The molecule has 39 heavy (non-hydrogen) atoms. The Hall–Kier alpha value is -5.19. The van der Waals surface area contributed by atoms with Gasteiger partial charge in [0.25, 0.3) is 5.91 Å². The van der Waals surface area contributed by atoms with E-state index in [1.165, 1.54) is 18.2 Å². The summed E-state index contributed by atoms with van der Waals surface area (Å²) in [5.74, 6) is -2.01. The zero-order valence-corrected chi connectivity index (χ0v) is 20.6. The molecule has 0 saturated heterocycles. The quantitative estimate of drug-likeness (QED) is 0.126. The number of hydrogen-bond acceptors (Lipinski definition) is 8. The van der Waals surface area contributed by atoms with E-state index in [9.17, 15) is 24.9 Å². The fraction of sp³-hybridized carbons (Fsp3) is 0.0690. The second-order valence-electron chi connectivity index (χ2n) is 8.30. The highest BCUT2D eigenvalue weighted by molar-refractivity contribution is 6.11. The van der Waals surface area contributed by atoms with Crippen molar-refractivity contribution in [3.63, 3.8) is 0 Å². The van der Waals surface area contributed by atoms with Gasteiger partial charge >= 0.3 is 5.97 Å². The third-order valence-electron chi connectivity index (χ3n) is 5.64. The van der Waals surface area contributed by atoms with Crippen LogP contribution in [-0.4, -0.2) is 39.2 Å². The molecule has 4 aromatic rings. The predicted molar refractivity (Wildman–Crippen MR) is 145 cm³/mol. The van der Waals surface area contributed by atoms with Crippen LogP contribution in [0.5, 0.6) is 11.5 Å². The molecule has 0 aliphatic rings. The summed E-state index contributed by atoms with van der Waals surface area (Å²) in [6, 6.07) is 23.1. The average molecular weight is 531 g/mol. The highest BCUT2D eigenvalue weighted by Gasteiger charge is 2.17. The smallest absolute Gasteiger partial charge is 0.336 e. The minimum atomic E-state index is -1.26. The van der Waals surface area contributed by atoms with Crippen molar-refractivity contribution in [3.8, 4) is 11.5 Å². The maximum Gasteiger partial charge on any atom is 0.336 e. The number of hydrogen-bond donors (Lipinski definition) is 6. The van der Waals surface area contributed by atoms with Crippen molar-refractivity contribution in [1.82, 2.24) is 0 Å². The van der Waals surface area contributed by atoms with Gasteiger partial charge in [0.1, 0.15) is 24.9 Å². The summed E-state index contributed by atoms with van der Waals surface area (Å²) in [4.78, 5) is 36.2. The number of carbonyl (C=O) groups is 3. The monoisotopic (exact) mass is 530 g/mol. The first-order valence-electron chi connectivity index (χ1n) is 11.5. The second kappa shape index (κ2) is 13.4. The van der Waals surface area contributed by atoms with E-state index in [-0.39, 0.29) is 29.2 Å². The molecule has 0 spiro atoms. The van der Waals surface area contributed by atoms with E-state index in [0.717, 1.165) is 22.9 Å². The standard InChI is InChI=1S/C28H24N2O7.CH2O/c31-22-11-12-24(28(34)35)25(14-22)27(33)30-21-8-3-18(4-9-21)13-17-1-6-20(7-2-17)29-26-15-23(32)10-5-19(26)16-37-36;1-2/h1-12,14-15,29,31-32,36H,13,16H2,(H,30,33)(H,34,35);1H2. The van der Waals surface area contributed by atoms with E-state index in [1.54, 1.807) is 24.3 Å². The molecule has 0 aliphatic heterocycles. The van der Waals surface area contributed by atoms with Crippen LogP contribution >= 0.6 is 0 Å².